The second kappa shape index (κ2) is 6.87. The number of nitrogens with one attached hydrogen (secondary N) is 1. The first-order valence-corrected chi connectivity index (χ1v) is 8.37. The molecule has 124 valence electrons. The van der Waals surface area contributed by atoms with E-state index in [4.69, 9.17) is 0 Å². The van der Waals surface area contributed by atoms with Crippen molar-refractivity contribution in [3.63, 3.8) is 0 Å². The maximum absolute atomic E-state index is 12.9. The van der Waals surface area contributed by atoms with Crippen LogP contribution in [0.4, 0.5) is 5.69 Å². The maximum atomic E-state index is 12.9. The Hall–Kier alpha value is -2.62. The summed E-state index contributed by atoms with van der Waals surface area (Å²) in [6, 6.07) is 15.6. The fraction of sp³-hybridized carbons (Fsp3) is 0.300. The minimum atomic E-state index is 0.0246. The molecule has 2 amide bonds. The summed E-state index contributed by atoms with van der Waals surface area (Å²) in [4.78, 5) is 26.2. The van der Waals surface area contributed by atoms with Gasteiger partial charge in [0.05, 0.1) is 0 Å². The van der Waals surface area contributed by atoms with Crippen molar-refractivity contribution in [2.45, 2.75) is 39.3 Å². The van der Waals surface area contributed by atoms with Crippen molar-refractivity contribution >= 4 is 17.5 Å². The summed E-state index contributed by atoms with van der Waals surface area (Å²) < 4.78 is 0. The van der Waals surface area contributed by atoms with Gasteiger partial charge in [0.15, 0.2) is 0 Å². The zero-order valence-electron chi connectivity index (χ0n) is 14.1. The number of hydrogen-bond acceptors (Lipinski definition) is 2. The molecule has 1 aliphatic rings. The van der Waals surface area contributed by atoms with Crippen molar-refractivity contribution in [1.29, 1.82) is 0 Å². The number of fused-ring (bicyclic) bond motifs is 1. The molecule has 0 radical (unpaired) electrons. The van der Waals surface area contributed by atoms with Crippen molar-refractivity contribution in [2.24, 2.45) is 0 Å². The first-order valence-electron chi connectivity index (χ1n) is 8.37. The first kappa shape index (κ1) is 16.2. The fourth-order valence-corrected chi connectivity index (χ4v) is 3.12. The Bertz CT molecular complexity index is 755. The van der Waals surface area contributed by atoms with Crippen LogP contribution in [0.25, 0.3) is 0 Å². The van der Waals surface area contributed by atoms with Gasteiger partial charge in [-0.3, -0.25) is 9.59 Å². The molecule has 0 aromatic heterocycles. The van der Waals surface area contributed by atoms with E-state index in [1.165, 1.54) is 5.56 Å². The highest BCUT2D eigenvalue weighted by Gasteiger charge is 2.31. The van der Waals surface area contributed by atoms with Crippen LogP contribution in [0, 0.1) is 0 Å². The van der Waals surface area contributed by atoms with Gasteiger partial charge in [0.2, 0.25) is 5.91 Å². The van der Waals surface area contributed by atoms with Gasteiger partial charge in [0.1, 0.15) is 0 Å². The van der Waals surface area contributed by atoms with Gasteiger partial charge in [-0.25, -0.2) is 0 Å². The van der Waals surface area contributed by atoms with E-state index in [1.54, 1.807) is 0 Å². The summed E-state index contributed by atoms with van der Waals surface area (Å²) in [5.74, 6) is 0.0534. The van der Waals surface area contributed by atoms with Gasteiger partial charge in [-0.15, -0.1) is 0 Å². The lowest BCUT2D eigenvalue weighted by molar-refractivity contribution is -0.120. The van der Waals surface area contributed by atoms with Crippen LogP contribution in [-0.2, 0) is 17.8 Å². The third-order valence-corrected chi connectivity index (χ3v) is 4.42. The van der Waals surface area contributed by atoms with E-state index in [1.807, 2.05) is 54.3 Å². The average Bonchev–Trinajstić information content (AvgIpc) is 2.94. The van der Waals surface area contributed by atoms with Crippen molar-refractivity contribution in [1.82, 2.24) is 5.32 Å². The SMILES string of the molecule is CCC(=O)NCc1ccc2c(c1)N(C(=O)c1ccccc1)[C@H](C)C2. The topological polar surface area (TPSA) is 49.4 Å². The predicted molar refractivity (Wildman–Crippen MR) is 95.0 cm³/mol. The van der Waals surface area contributed by atoms with E-state index in [0.29, 0.717) is 18.5 Å². The zero-order valence-corrected chi connectivity index (χ0v) is 14.1. The van der Waals surface area contributed by atoms with E-state index in [0.717, 1.165) is 17.7 Å². The lowest BCUT2D eigenvalue weighted by Crippen LogP contribution is -2.35. The molecular formula is C20H22N2O2. The van der Waals surface area contributed by atoms with Gasteiger partial charge >= 0.3 is 0 Å². The number of carbonyl (C=O) groups is 2. The summed E-state index contributed by atoms with van der Waals surface area (Å²) >= 11 is 0. The standard InChI is InChI=1S/C20H22N2O2/c1-3-19(23)21-13-15-9-10-17-11-14(2)22(18(17)12-15)20(24)16-7-5-4-6-8-16/h4-10,12,14H,3,11,13H2,1-2H3,(H,21,23)/t14-/m1/s1. The fourth-order valence-electron chi connectivity index (χ4n) is 3.12. The summed E-state index contributed by atoms with van der Waals surface area (Å²) in [7, 11) is 0. The Balaban J connectivity index is 1.86. The van der Waals surface area contributed by atoms with Gasteiger partial charge in [-0.1, -0.05) is 37.3 Å². The third-order valence-electron chi connectivity index (χ3n) is 4.42. The molecule has 0 unspecified atom stereocenters. The molecule has 2 aromatic carbocycles. The number of carbonyl (C=O) groups excluding carboxylic acids is 2. The Kier molecular flexibility index (Phi) is 4.65. The molecule has 4 heteroatoms. The highest BCUT2D eigenvalue weighted by molar-refractivity contribution is 6.07. The minimum Gasteiger partial charge on any atom is -0.352 e. The quantitative estimate of drug-likeness (QED) is 0.939. The monoisotopic (exact) mass is 322 g/mol. The van der Waals surface area contributed by atoms with Gasteiger partial charge in [0.25, 0.3) is 5.91 Å². The van der Waals surface area contributed by atoms with E-state index < -0.39 is 0 Å². The van der Waals surface area contributed by atoms with Gasteiger partial charge in [0, 0.05) is 30.3 Å². The Labute approximate surface area is 142 Å². The van der Waals surface area contributed by atoms with Crippen LogP contribution >= 0.6 is 0 Å². The number of anilines is 1. The van der Waals surface area contributed by atoms with Crippen LogP contribution in [0.15, 0.2) is 48.5 Å². The Morgan fingerprint density at radius 2 is 1.92 bits per heavy atom. The summed E-state index contributed by atoms with van der Waals surface area (Å²) in [6.07, 6.45) is 1.33. The van der Waals surface area contributed by atoms with Crippen molar-refractivity contribution in [3.05, 3.63) is 65.2 Å². The van der Waals surface area contributed by atoms with Gasteiger partial charge in [-0.2, -0.15) is 0 Å². The number of benzene rings is 2. The molecule has 24 heavy (non-hydrogen) atoms. The normalized spacial score (nSPS) is 15.9. The molecule has 1 N–H and O–H groups in total. The van der Waals surface area contributed by atoms with E-state index in [2.05, 4.69) is 18.3 Å². The number of nitrogens with zero attached hydrogens (tertiary/aromatic N) is 1. The van der Waals surface area contributed by atoms with Gasteiger partial charge < -0.3 is 10.2 Å². The number of rotatable bonds is 4. The lowest BCUT2D eigenvalue weighted by atomic mass is 10.1. The molecule has 0 aliphatic carbocycles. The molecule has 0 fully saturated rings. The molecule has 0 spiro atoms. The van der Waals surface area contributed by atoms with Crippen molar-refractivity contribution < 1.29 is 9.59 Å². The van der Waals surface area contributed by atoms with Crippen molar-refractivity contribution in [2.75, 3.05) is 4.90 Å². The van der Waals surface area contributed by atoms with Crippen LogP contribution in [-0.4, -0.2) is 17.9 Å². The molecule has 3 rings (SSSR count). The molecule has 1 aliphatic heterocycles. The second-order valence-corrected chi connectivity index (χ2v) is 6.19. The average molecular weight is 322 g/mol. The minimum absolute atomic E-state index is 0.0246. The maximum Gasteiger partial charge on any atom is 0.258 e. The van der Waals surface area contributed by atoms with Crippen LogP contribution in [0.3, 0.4) is 0 Å². The van der Waals surface area contributed by atoms with E-state index in [-0.39, 0.29) is 17.9 Å². The molecule has 0 saturated heterocycles. The second-order valence-electron chi connectivity index (χ2n) is 6.19. The number of hydrogen-bond donors (Lipinski definition) is 1. The molecule has 0 saturated carbocycles. The molecule has 4 nitrogen and oxygen atoms in total. The van der Waals surface area contributed by atoms with Crippen LogP contribution in [0.5, 0.6) is 0 Å². The van der Waals surface area contributed by atoms with E-state index in [9.17, 15) is 9.59 Å². The molecule has 0 bridgehead atoms. The summed E-state index contributed by atoms with van der Waals surface area (Å²) in [6.45, 7) is 4.39. The molecule has 1 heterocycles. The van der Waals surface area contributed by atoms with Crippen LogP contribution in [0.1, 0.15) is 41.8 Å². The Morgan fingerprint density at radius 3 is 2.62 bits per heavy atom. The van der Waals surface area contributed by atoms with Crippen LogP contribution in [0.2, 0.25) is 0 Å². The van der Waals surface area contributed by atoms with Gasteiger partial charge in [-0.05, 0) is 42.7 Å². The highest BCUT2D eigenvalue weighted by Crippen LogP contribution is 2.34. The van der Waals surface area contributed by atoms with Crippen molar-refractivity contribution in [3.8, 4) is 0 Å². The molecule has 2 aromatic rings. The largest absolute Gasteiger partial charge is 0.352 e. The smallest absolute Gasteiger partial charge is 0.258 e. The summed E-state index contributed by atoms with van der Waals surface area (Å²) in [5.41, 5.74) is 3.84. The molecule has 1 atom stereocenters. The lowest BCUT2D eigenvalue weighted by Gasteiger charge is -2.23. The molecular weight excluding hydrogens is 300 g/mol. The highest BCUT2D eigenvalue weighted by atomic mass is 16.2. The van der Waals surface area contributed by atoms with Crippen LogP contribution < -0.4 is 10.2 Å². The number of amides is 2. The Morgan fingerprint density at radius 1 is 1.17 bits per heavy atom. The predicted octanol–water partition coefficient (Wildman–Crippen LogP) is 3.30. The first-order chi connectivity index (χ1) is 11.6. The zero-order chi connectivity index (χ0) is 17.1. The summed E-state index contributed by atoms with van der Waals surface area (Å²) in [5, 5.41) is 2.88. The third kappa shape index (κ3) is 3.18. The van der Waals surface area contributed by atoms with E-state index >= 15 is 0 Å².